The van der Waals surface area contributed by atoms with Gasteiger partial charge in [-0.25, -0.2) is 4.98 Å². The molecule has 0 saturated heterocycles. The molecule has 2 aromatic heterocycles. The van der Waals surface area contributed by atoms with Gasteiger partial charge in [0.05, 0.1) is 18.1 Å². The molecular weight excluding hydrogens is 274 g/mol. The number of imidazole rings is 1. The van der Waals surface area contributed by atoms with Crippen LogP contribution in [0.4, 0.5) is 0 Å². The second kappa shape index (κ2) is 7.15. The van der Waals surface area contributed by atoms with E-state index in [9.17, 15) is 0 Å². The Morgan fingerprint density at radius 3 is 2.77 bits per heavy atom. The summed E-state index contributed by atoms with van der Waals surface area (Å²) in [6, 6.07) is 10.6. The molecule has 3 aromatic rings. The van der Waals surface area contributed by atoms with Crippen molar-refractivity contribution in [1.29, 1.82) is 0 Å². The maximum atomic E-state index is 5.77. The molecule has 0 atom stereocenters. The van der Waals surface area contributed by atoms with Crippen LogP contribution in [0.2, 0.25) is 0 Å². The summed E-state index contributed by atoms with van der Waals surface area (Å²) in [5.74, 6) is 0. The lowest BCUT2D eigenvalue weighted by atomic mass is 10.1. The quantitative estimate of drug-likeness (QED) is 0.721. The molecular formula is C17H21N5. The van der Waals surface area contributed by atoms with Crippen molar-refractivity contribution in [1.82, 2.24) is 19.3 Å². The number of hydrogen-bond donors (Lipinski definition) is 1. The van der Waals surface area contributed by atoms with Crippen molar-refractivity contribution in [2.45, 2.75) is 13.0 Å². The third-order valence-electron chi connectivity index (χ3n) is 3.78. The summed E-state index contributed by atoms with van der Waals surface area (Å²) in [6.45, 7) is 3.37. The number of aromatic nitrogens is 3. The normalized spacial score (nSPS) is 11.4. The molecule has 0 unspecified atom stereocenters. The van der Waals surface area contributed by atoms with E-state index in [0.29, 0.717) is 6.54 Å². The van der Waals surface area contributed by atoms with Crippen LogP contribution < -0.4 is 5.73 Å². The van der Waals surface area contributed by atoms with Gasteiger partial charge < -0.3 is 5.73 Å². The Labute approximate surface area is 130 Å². The monoisotopic (exact) mass is 295 g/mol. The fraction of sp³-hybridized carbons (Fsp3) is 0.294. The van der Waals surface area contributed by atoms with Gasteiger partial charge in [0.25, 0.3) is 0 Å². The molecule has 1 aromatic carbocycles. The number of fused-ring (bicyclic) bond motifs is 1. The zero-order chi connectivity index (χ0) is 15.2. The number of rotatable bonds is 7. The lowest BCUT2D eigenvalue weighted by Crippen LogP contribution is -2.31. The predicted molar refractivity (Wildman–Crippen MR) is 87.5 cm³/mol. The largest absolute Gasteiger partial charge is 0.329 e. The van der Waals surface area contributed by atoms with Gasteiger partial charge in [0.1, 0.15) is 0 Å². The lowest BCUT2D eigenvalue weighted by Gasteiger charge is -2.21. The Hall–Kier alpha value is -2.24. The Balaban J connectivity index is 1.68. The van der Waals surface area contributed by atoms with E-state index in [-0.39, 0.29) is 0 Å². The third-order valence-corrected chi connectivity index (χ3v) is 3.78. The van der Waals surface area contributed by atoms with Crippen molar-refractivity contribution in [2.24, 2.45) is 5.73 Å². The van der Waals surface area contributed by atoms with Gasteiger partial charge in [-0.15, -0.1) is 0 Å². The Kier molecular flexibility index (Phi) is 4.78. The fourth-order valence-electron chi connectivity index (χ4n) is 2.63. The number of nitrogens with two attached hydrogens (primary N) is 1. The van der Waals surface area contributed by atoms with Crippen LogP contribution in [0.5, 0.6) is 0 Å². The van der Waals surface area contributed by atoms with Crippen molar-refractivity contribution < 1.29 is 0 Å². The first-order valence-electron chi connectivity index (χ1n) is 7.59. The maximum absolute atomic E-state index is 5.77. The van der Waals surface area contributed by atoms with Gasteiger partial charge in [0.2, 0.25) is 0 Å². The van der Waals surface area contributed by atoms with Gasteiger partial charge in [-0.2, -0.15) is 0 Å². The summed E-state index contributed by atoms with van der Waals surface area (Å²) in [5.41, 5.74) is 9.17. The number of nitrogens with zero attached hydrogens (tertiary/aromatic N) is 4. The summed E-state index contributed by atoms with van der Waals surface area (Å²) in [4.78, 5) is 10.9. The smallest absolute Gasteiger partial charge is 0.155 e. The highest BCUT2D eigenvalue weighted by molar-refractivity contribution is 5.36. The molecule has 2 heterocycles. The van der Waals surface area contributed by atoms with E-state index in [2.05, 4.69) is 43.5 Å². The van der Waals surface area contributed by atoms with E-state index in [1.807, 2.05) is 18.5 Å². The van der Waals surface area contributed by atoms with Gasteiger partial charge in [0, 0.05) is 38.6 Å². The van der Waals surface area contributed by atoms with Crippen molar-refractivity contribution in [3.63, 3.8) is 0 Å². The number of benzene rings is 1. The maximum Gasteiger partial charge on any atom is 0.155 e. The molecule has 0 saturated carbocycles. The SMILES string of the molecule is NCCN(CCc1ccccc1)Cc1cnc2cnccn12. The first kappa shape index (κ1) is 14.7. The molecule has 0 bridgehead atoms. The molecule has 0 fully saturated rings. The minimum Gasteiger partial charge on any atom is -0.329 e. The van der Waals surface area contributed by atoms with Gasteiger partial charge >= 0.3 is 0 Å². The van der Waals surface area contributed by atoms with E-state index >= 15 is 0 Å². The standard InChI is InChI=1S/C17H21N5/c18-7-10-21(9-6-15-4-2-1-3-5-15)14-16-12-20-17-13-19-8-11-22(16)17/h1-5,8,11-13H,6-7,9-10,14,18H2. The molecule has 0 aliphatic heterocycles. The Morgan fingerprint density at radius 2 is 1.95 bits per heavy atom. The van der Waals surface area contributed by atoms with Crippen molar-refractivity contribution in [3.05, 3.63) is 66.4 Å². The second-order valence-corrected chi connectivity index (χ2v) is 5.35. The van der Waals surface area contributed by atoms with Gasteiger partial charge in [0.15, 0.2) is 5.65 Å². The molecule has 0 aliphatic rings. The molecule has 22 heavy (non-hydrogen) atoms. The zero-order valence-corrected chi connectivity index (χ0v) is 12.6. The molecule has 5 nitrogen and oxygen atoms in total. The van der Waals surface area contributed by atoms with Crippen LogP contribution in [0.25, 0.3) is 5.65 Å². The molecule has 0 spiro atoms. The van der Waals surface area contributed by atoms with Crippen LogP contribution in [-0.4, -0.2) is 38.9 Å². The van der Waals surface area contributed by atoms with Crippen LogP contribution in [0.15, 0.2) is 55.1 Å². The summed E-state index contributed by atoms with van der Waals surface area (Å²) in [6.07, 6.45) is 8.47. The molecule has 0 radical (unpaired) electrons. The van der Waals surface area contributed by atoms with Crippen molar-refractivity contribution >= 4 is 5.65 Å². The van der Waals surface area contributed by atoms with Crippen LogP contribution in [0.1, 0.15) is 11.3 Å². The first-order valence-corrected chi connectivity index (χ1v) is 7.59. The topological polar surface area (TPSA) is 59.5 Å². The highest BCUT2D eigenvalue weighted by atomic mass is 15.2. The summed E-state index contributed by atoms with van der Waals surface area (Å²) < 4.78 is 2.08. The Morgan fingerprint density at radius 1 is 1.09 bits per heavy atom. The molecule has 5 heteroatoms. The average molecular weight is 295 g/mol. The Bertz CT molecular complexity index is 707. The van der Waals surface area contributed by atoms with Gasteiger partial charge in [-0.1, -0.05) is 30.3 Å². The highest BCUT2D eigenvalue weighted by Gasteiger charge is 2.09. The third kappa shape index (κ3) is 3.50. The van der Waals surface area contributed by atoms with E-state index in [1.165, 1.54) is 11.3 Å². The van der Waals surface area contributed by atoms with Crippen molar-refractivity contribution in [2.75, 3.05) is 19.6 Å². The van der Waals surface area contributed by atoms with E-state index in [4.69, 9.17) is 5.73 Å². The van der Waals surface area contributed by atoms with E-state index in [1.54, 1.807) is 12.4 Å². The van der Waals surface area contributed by atoms with Crippen LogP contribution >= 0.6 is 0 Å². The molecule has 0 aliphatic carbocycles. The van der Waals surface area contributed by atoms with Crippen molar-refractivity contribution in [3.8, 4) is 0 Å². The van der Waals surface area contributed by atoms with Crippen LogP contribution in [0.3, 0.4) is 0 Å². The molecule has 2 N–H and O–H groups in total. The first-order chi connectivity index (χ1) is 10.9. The van der Waals surface area contributed by atoms with Gasteiger partial charge in [-0.3, -0.25) is 14.3 Å². The highest BCUT2D eigenvalue weighted by Crippen LogP contribution is 2.09. The minimum absolute atomic E-state index is 0.660. The van der Waals surface area contributed by atoms with Crippen LogP contribution in [-0.2, 0) is 13.0 Å². The zero-order valence-electron chi connectivity index (χ0n) is 12.6. The fourth-order valence-corrected chi connectivity index (χ4v) is 2.63. The van der Waals surface area contributed by atoms with Crippen LogP contribution in [0, 0.1) is 0 Å². The molecule has 3 rings (SSSR count). The minimum atomic E-state index is 0.660. The summed E-state index contributed by atoms with van der Waals surface area (Å²) in [7, 11) is 0. The summed E-state index contributed by atoms with van der Waals surface area (Å²) in [5, 5.41) is 0. The molecule has 114 valence electrons. The van der Waals surface area contributed by atoms with E-state index in [0.717, 1.165) is 31.7 Å². The van der Waals surface area contributed by atoms with E-state index < -0.39 is 0 Å². The lowest BCUT2D eigenvalue weighted by molar-refractivity contribution is 0.272. The predicted octanol–water partition coefficient (Wildman–Crippen LogP) is 1.73. The molecule has 0 amide bonds. The van der Waals surface area contributed by atoms with Gasteiger partial charge in [-0.05, 0) is 12.0 Å². The average Bonchev–Trinajstić information content (AvgIpc) is 2.97. The second-order valence-electron chi connectivity index (χ2n) is 5.35. The summed E-state index contributed by atoms with van der Waals surface area (Å²) >= 11 is 0. The number of hydrogen-bond acceptors (Lipinski definition) is 4.